The predicted molar refractivity (Wildman–Crippen MR) is 109 cm³/mol. The standard InChI is InChI=1S/C22H23N3O5/c1-14-5-3-6-16(11-14)23-19(26)13-25-20(27)22(2,24-21(25)28)15-7-8-17-18(12-15)30-10-4-9-29-17/h3,5-8,11-12H,4,9-10,13H2,1-2H3,(H,23,26)(H,24,28)/t22-/m0/s1. The highest BCUT2D eigenvalue weighted by Gasteiger charge is 2.49. The van der Waals surface area contributed by atoms with Crippen molar-refractivity contribution < 1.29 is 23.9 Å². The van der Waals surface area contributed by atoms with Crippen LogP contribution in [0, 0.1) is 6.92 Å². The van der Waals surface area contributed by atoms with Gasteiger partial charge in [0.1, 0.15) is 12.1 Å². The van der Waals surface area contributed by atoms with Gasteiger partial charge in [-0.15, -0.1) is 0 Å². The fraction of sp³-hybridized carbons (Fsp3) is 0.318. The number of hydrogen-bond acceptors (Lipinski definition) is 5. The summed E-state index contributed by atoms with van der Waals surface area (Å²) >= 11 is 0. The maximum atomic E-state index is 13.1. The third kappa shape index (κ3) is 3.68. The fourth-order valence-electron chi connectivity index (χ4n) is 3.58. The summed E-state index contributed by atoms with van der Waals surface area (Å²) in [6.45, 7) is 4.22. The van der Waals surface area contributed by atoms with Crippen molar-refractivity contribution in [2.45, 2.75) is 25.8 Å². The number of nitrogens with zero attached hydrogens (tertiary/aromatic N) is 1. The summed E-state index contributed by atoms with van der Waals surface area (Å²) in [7, 11) is 0. The first-order valence-electron chi connectivity index (χ1n) is 9.77. The van der Waals surface area contributed by atoms with Gasteiger partial charge < -0.3 is 20.1 Å². The molecule has 30 heavy (non-hydrogen) atoms. The van der Waals surface area contributed by atoms with Crippen molar-refractivity contribution in [3.05, 3.63) is 53.6 Å². The zero-order chi connectivity index (χ0) is 21.3. The molecule has 0 spiro atoms. The highest BCUT2D eigenvalue weighted by molar-refractivity contribution is 6.10. The molecule has 0 unspecified atom stereocenters. The summed E-state index contributed by atoms with van der Waals surface area (Å²) in [4.78, 5) is 39.0. The molecule has 0 radical (unpaired) electrons. The lowest BCUT2D eigenvalue weighted by Crippen LogP contribution is -2.42. The van der Waals surface area contributed by atoms with Gasteiger partial charge in [-0.1, -0.05) is 18.2 Å². The third-order valence-corrected chi connectivity index (χ3v) is 5.20. The average molecular weight is 409 g/mol. The van der Waals surface area contributed by atoms with Crippen LogP contribution in [0.1, 0.15) is 24.5 Å². The highest BCUT2D eigenvalue weighted by atomic mass is 16.5. The fourth-order valence-corrected chi connectivity index (χ4v) is 3.58. The first-order valence-corrected chi connectivity index (χ1v) is 9.77. The van der Waals surface area contributed by atoms with Crippen LogP contribution >= 0.6 is 0 Å². The summed E-state index contributed by atoms with van der Waals surface area (Å²) in [6.07, 6.45) is 0.765. The predicted octanol–water partition coefficient (Wildman–Crippen LogP) is 2.56. The number of nitrogens with one attached hydrogen (secondary N) is 2. The Labute approximate surface area is 174 Å². The van der Waals surface area contributed by atoms with Crippen molar-refractivity contribution in [3.8, 4) is 11.5 Å². The van der Waals surface area contributed by atoms with Crippen molar-refractivity contribution in [2.75, 3.05) is 25.1 Å². The Morgan fingerprint density at radius 1 is 1.13 bits per heavy atom. The van der Waals surface area contributed by atoms with Crippen molar-refractivity contribution >= 4 is 23.5 Å². The summed E-state index contributed by atoms with van der Waals surface area (Å²) in [6, 6.07) is 11.8. The van der Waals surface area contributed by atoms with E-state index in [1.807, 2.05) is 25.1 Å². The number of aryl methyl sites for hydroxylation is 1. The average Bonchev–Trinajstić information content (AvgIpc) is 2.88. The molecule has 2 aromatic rings. The molecule has 0 aliphatic carbocycles. The maximum Gasteiger partial charge on any atom is 0.325 e. The normalized spacial score (nSPS) is 20.5. The van der Waals surface area contributed by atoms with Gasteiger partial charge >= 0.3 is 6.03 Å². The summed E-state index contributed by atoms with van der Waals surface area (Å²) in [5.74, 6) is 0.184. The highest BCUT2D eigenvalue weighted by Crippen LogP contribution is 2.36. The minimum Gasteiger partial charge on any atom is -0.490 e. The van der Waals surface area contributed by atoms with E-state index < -0.39 is 23.4 Å². The van der Waals surface area contributed by atoms with Crippen LogP contribution in [0.25, 0.3) is 0 Å². The number of anilines is 1. The van der Waals surface area contributed by atoms with E-state index in [1.54, 1.807) is 31.2 Å². The van der Waals surface area contributed by atoms with Crippen molar-refractivity contribution in [1.29, 1.82) is 0 Å². The van der Waals surface area contributed by atoms with Crippen LogP contribution in [0.3, 0.4) is 0 Å². The Hall–Kier alpha value is -3.55. The van der Waals surface area contributed by atoms with Gasteiger partial charge in [0.05, 0.1) is 13.2 Å². The molecule has 2 aliphatic heterocycles. The molecule has 0 aromatic heterocycles. The number of amides is 4. The molecule has 1 saturated heterocycles. The van der Waals surface area contributed by atoms with Crippen LogP contribution in [0.2, 0.25) is 0 Å². The van der Waals surface area contributed by atoms with Gasteiger partial charge in [-0.2, -0.15) is 0 Å². The van der Waals surface area contributed by atoms with Gasteiger partial charge in [-0.25, -0.2) is 4.79 Å². The number of benzene rings is 2. The van der Waals surface area contributed by atoms with Crippen LogP contribution < -0.4 is 20.1 Å². The molecule has 4 rings (SSSR count). The van der Waals surface area contributed by atoms with E-state index in [9.17, 15) is 14.4 Å². The molecule has 1 atom stereocenters. The largest absolute Gasteiger partial charge is 0.490 e. The smallest absolute Gasteiger partial charge is 0.325 e. The van der Waals surface area contributed by atoms with E-state index in [2.05, 4.69) is 10.6 Å². The molecule has 2 heterocycles. The quantitative estimate of drug-likeness (QED) is 0.757. The number of imide groups is 1. The zero-order valence-electron chi connectivity index (χ0n) is 16.9. The van der Waals surface area contributed by atoms with Gasteiger partial charge in [0.15, 0.2) is 11.5 Å². The Kier molecular flexibility index (Phi) is 5.07. The minimum absolute atomic E-state index is 0.376. The first-order chi connectivity index (χ1) is 14.4. The second-order valence-electron chi connectivity index (χ2n) is 7.58. The topological polar surface area (TPSA) is 97.0 Å². The molecule has 0 saturated carbocycles. The monoisotopic (exact) mass is 409 g/mol. The van der Waals surface area contributed by atoms with Crippen LogP contribution in [0.4, 0.5) is 10.5 Å². The molecule has 4 amide bonds. The van der Waals surface area contributed by atoms with Gasteiger partial charge in [-0.05, 0) is 49.2 Å². The summed E-state index contributed by atoms with van der Waals surface area (Å²) in [5.41, 5.74) is 0.861. The van der Waals surface area contributed by atoms with Crippen molar-refractivity contribution in [1.82, 2.24) is 10.2 Å². The molecule has 0 bridgehead atoms. The number of fused-ring (bicyclic) bond motifs is 1. The van der Waals surface area contributed by atoms with Crippen LogP contribution in [0.15, 0.2) is 42.5 Å². The molecule has 1 fully saturated rings. The SMILES string of the molecule is Cc1cccc(NC(=O)CN2C(=O)N[C@@](C)(c3ccc4c(c3)OCCCO4)C2=O)c1. The Bertz CT molecular complexity index is 1020. The van der Waals surface area contributed by atoms with E-state index in [1.165, 1.54) is 0 Å². The number of carbonyl (C=O) groups excluding carboxylic acids is 3. The number of urea groups is 1. The number of carbonyl (C=O) groups is 3. The van der Waals surface area contributed by atoms with Crippen LogP contribution in [-0.4, -0.2) is 42.5 Å². The molecule has 2 N–H and O–H groups in total. The van der Waals surface area contributed by atoms with E-state index in [-0.39, 0.29) is 6.54 Å². The first kappa shape index (κ1) is 19.8. The van der Waals surface area contributed by atoms with Gasteiger partial charge in [0, 0.05) is 12.1 Å². The van der Waals surface area contributed by atoms with Gasteiger partial charge in [0.2, 0.25) is 5.91 Å². The Morgan fingerprint density at radius 2 is 1.90 bits per heavy atom. The zero-order valence-corrected chi connectivity index (χ0v) is 16.9. The van der Waals surface area contributed by atoms with E-state index in [0.717, 1.165) is 16.9 Å². The third-order valence-electron chi connectivity index (χ3n) is 5.20. The number of hydrogen-bond donors (Lipinski definition) is 2. The van der Waals surface area contributed by atoms with Crippen molar-refractivity contribution in [2.24, 2.45) is 0 Å². The van der Waals surface area contributed by atoms with E-state index >= 15 is 0 Å². The maximum absolute atomic E-state index is 13.1. The minimum atomic E-state index is -1.30. The molecule has 156 valence electrons. The number of rotatable bonds is 4. The van der Waals surface area contributed by atoms with Gasteiger partial charge in [0.25, 0.3) is 5.91 Å². The van der Waals surface area contributed by atoms with E-state index in [0.29, 0.717) is 36.0 Å². The molecule has 2 aliphatic rings. The Morgan fingerprint density at radius 3 is 2.67 bits per heavy atom. The summed E-state index contributed by atoms with van der Waals surface area (Å²) in [5, 5.41) is 5.42. The Balaban J connectivity index is 1.51. The van der Waals surface area contributed by atoms with E-state index in [4.69, 9.17) is 9.47 Å². The lowest BCUT2D eigenvalue weighted by molar-refractivity contribution is -0.133. The summed E-state index contributed by atoms with van der Waals surface area (Å²) < 4.78 is 11.3. The molecule has 8 heteroatoms. The molecular weight excluding hydrogens is 386 g/mol. The lowest BCUT2D eigenvalue weighted by atomic mass is 9.91. The second kappa shape index (κ2) is 7.70. The van der Waals surface area contributed by atoms with Crippen LogP contribution in [-0.2, 0) is 15.1 Å². The van der Waals surface area contributed by atoms with Crippen molar-refractivity contribution in [3.63, 3.8) is 0 Å². The number of ether oxygens (including phenoxy) is 2. The molecule has 8 nitrogen and oxygen atoms in total. The van der Waals surface area contributed by atoms with Crippen LogP contribution in [0.5, 0.6) is 11.5 Å². The van der Waals surface area contributed by atoms with Gasteiger partial charge in [-0.3, -0.25) is 14.5 Å². The lowest BCUT2D eigenvalue weighted by Gasteiger charge is -2.23. The molecular formula is C22H23N3O5. The molecule has 2 aromatic carbocycles. The second-order valence-corrected chi connectivity index (χ2v) is 7.58.